The van der Waals surface area contributed by atoms with Gasteiger partial charge in [0.1, 0.15) is 0 Å². The molecule has 1 fully saturated rings. The van der Waals surface area contributed by atoms with Crippen molar-refractivity contribution in [3.05, 3.63) is 47.3 Å². The van der Waals surface area contributed by atoms with E-state index in [0.717, 1.165) is 30.2 Å². The SMILES string of the molecule is Cc1ccc(Cn2cc(CO)nc2SCC(=O)NC[C@@H]2CCCO2)cc1. The first-order valence-electron chi connectivity index (χ1n) is 8.87. The Morgan fingerprint density at radius 3 is 2.92 bits per heavy atom. The highest BCUT2D eigenvalue weighted by molar-refractivity contribution is 7.99. The molecule has 1 aromatic heterocycles. The number of rotatable bonds is 8. The molecule has 0 saturated carbocycles. The van der Waals surface area contributed by atoms with Crippen LogP contribution in [0.5, 0.6) is 0 Å². The lowest BCUT2D eigenvalue weighted by molar-refractivity contribution is -0.119. The summed E-state index contributed by atoms with van der Waals surface area (Å²) in [4.78, 5) is 16.5. The lowest BCUT2D eigenvalue weighted by atomic mass is 10.1. The van der Waals surface area contributed by atoms with Crippen LogP contribution in [0.3, 0.4) is 0 Å². The molecule has 0 bridgehead atoms. The molecule has 26 heavy (non-hydrogen) atoms. The number of imidazole rings is 1. The number of aliphatic hydroxyl groups excluding tert-OH is 1. The van der Waals surface area contributed by atoms with Crippen molar-refractivity contribution in [2.24, 2.45) is 0 Å². The number of benzene rings is 1. The lowest BCUT2D eigenvalue weighted by Gasteiger charge is -2.11. The zero-order valence-electron chi connectivity index (χ0n) is 15.0. The highest BCUT2D eigenvalue weighted by atomic mass is 32.2. The summed E-state index contributed by atoms with van der Waals surface area (Å²) in [6, 6.07) is 8.31. The van der Waals surface area contributed by atoms with Crippen LogP contribution in [-0.2, 0) is 22.7 Å². The Kier molecular flexibility index (Phi) is 6.71. The molecule has 1 saturated heterocycles. The molecule has 1 atom stereocenters. The zero-order chi connectivity index (χ0) is 18.4. The van der Waals surface area contributed by atoms with Crippen LogP contribution in [0.15, 0.2) is 35.6 Å². The quantitative estimate of drug-likeness (QED) is 0.691. The molecule has 7 heteroatoms. The summed E-state index contributed by atoms with van der Waals surface area (Å²) >= 11 is 1.38. The first-order chi connectivity index (χ1) is 12.6. The van der Waals surface area contributed by atoms with Gasteiger partial charge in [0.25, 0.3) is 0 Å². The second-order valence-corrected chi connectivity index (χ2v) is 7.46. The number of amides is 1. The molecule has 1 amide bonds. The summed E-state index contributed by atoms with van der Waals surface area (Å²) in [5.41, 5.74) is 2.98. The molecule has 1 aliphatic heterocycles. The van der Waals surface area contributed by atoms with Gasteiger partial charge in [-0.25, -0.2) is 4.98 Å². The fourth-order valence-electron chi connectivity index (χ4n) is 2.86. The van der Waals surface area contributed by atoms with Gasteiger partial charge in [-0.3, -0.25) is 4.79 Å². The highest BCUT2D eigenvalue weighted by Gasteiger charge is 2.17. The van der Waals surface area contributed by atoms with Crippen molar-refractivity contribution < 1.29 is 14.6 Å². The standard InChI is InChI=1S/C19H25N3O3S/c1-14-4-6-15(7-5-14)10-22-11-16(12-23)21-19(22)26-13-18(24)20-9-17-3-2-8-25-17/h4-7,11,17,23H,2-3,8-10,12-13H2,1H3,(H,20,24)/t17-/m0/s1. The number of thioether (sulfide) groups is 1. The van der Waals surface area contributed by atoms with Gasteiger partial charge >= 0.3 is 0 Å². The van der Waals surface area contributed by atoms with E-state index >= 15 is 0 Å². The number of carbonyl (C=O) groups is 1. The van der Waals surface area contributed by atoms with Gasteiger partial charge in [0.05, 0.1) is 24.2 Å². The third-order valence-electron chi connectivity index (χ3n) is 4.31. The largest absolute Gasteiger partial charge is 0.390 e. The predicted octanol–water partition coefficient (Wildman–Crippen LogP) is 2.12. The van der Waals surface area contributed by atoms with Gasteiger partial charge in [0, 0.05) is 25.9 Å². The number of ether oxygens (including phenoxy) is 1. The van der Waals surface area contributed by atoms with Gasteiger partial charge in [0.2, 0.25) is 5.91 Å². The molecule has 1 aromatic carbocycles. The molecule has 2 aromatic rings. The zero-order valence-corrected chi connectivity index (χ0v) is 15.8. The van der Waals surface area contributed by atoms with E-state index in [1.165, 1.54) is 17.3 Å². The summed E-state index contributed by atoms with van der Waals surface area (Å²) in [5, 5.41) is 13.0. The Labute approximate surface area is 158 Å². The highest BCUT2D eigenvalue weighted by Crippen LogP contribution is 2.20. The smallest absolute Gasteiger partial charge is 0.230 e. The second-order valence-electron chi connectivity index (χ2n) is 6.51. The fourth-order valence-corrected chi connectivity index (χ4v) is 3.69. The monoisotopic (exact) mass is 375 g/mol. The summed E-state index contributed by atoms with van der Waals surface area (Å²) < 4.78 is 7.49. The van der Waals surface area contributed by atoms with Crippen LogP contribution in [0.4, 0.5) is 0 Å². The molecule has 6 nitrogen and oxygen atoms in total. The summed E-state index contributed by atoms with van der Waals surface area (Å²) in [7, 11) is 0. The Balaban J connectivity index is 1.56. The molecule has 0 radical (unpaired) electrons. The van der Waals surface area contributed by atoms with Gasteiger partial charge in [-0.2, -0.15) is 0 Å². The van der Waals surface area contributed by atoms with Crippen molar-refractivity contribution in [2.45, 2.75) is 44.2 Å². The number of nitrogens with one attached hydrogen (secondary N) is 1. The van der Waals surface area contributed by atoms with E-state index in [9.17, 15) is 9.90 Å². The van der Waals surface area contributed by atoms with Crippen LogP contribution < -0.4 is 5.32 Å². The third-order valence-corrected chi connectivity index (χ3v) is 5.30. The summed E-state index contributed by atoms with van der Waals surface area (Å²) in [6.07, 6.45) is 4.06. The summed E-state index contributed by atoms with van der Waals surface area (Å²) in [6.45, 7) is 3.96. The van der Waals surface area contributed by atoms with Crippen LogP contribution >= 0.6 is 11.8 Å². The number of aryl methyl sites for hydroxylation is 1. The molecular weight excluding hydrogens is 350 g/mol. The Morgan fingerprint density at radius 1 is 1.42 bits per heavy atom. The molecule has 0 aliphatic carbocycles. The number of nitrogens with zero attached hydrogens (tertiary/aromatic N) is 2. The first-order valence-corrected chi connectivity index (χ1v) is 9.86. The van der Waals surface area contributed by atoms with E-state index in [1.807, 2.05) is 10.8 Å². The molecule has 2 N–H and O–H groups in total. The van der Waals surface area contributed by atoms with Crippen LogP contribution in [-0.4, -0.2) is 45.6 Å². The molecule has 0 unspecified atom stereocenters. The number of aromatic nitrogens is 2. The van der Waals surface area contributed by atoms with Crippen LogP contribution in [0.1, 0.15) is 29.7 Å². The van der Waals surface area contributed by atoms with Crippen LogP contribution in [0, 0.1) is 6.92 Å². The second kappa shape index (κ2) is 9.21. The Bertz CT molecular complexity index is 724. The number of aliphatic hydroxyl groups is 1. The van der Waals surface area contributed by atoms with Gasteiger partial charge < -0.3 is 19.7 Å². The van der Waals surface area contributed by atoms with E-state index < -0.39 is 0 Å². The molecule has 140 valence electrons. The van der Waals surface area contributed by atoms with Crippen molar-refractivity contribution in [2.75, 3.05) is 18.9 Å². The topological polar surface area (TPSA) is 76.4 Å². The van der Waals surface area contributed by atoms with Gasteiger partial charge in [-0.1, -0.05) is 41.6 Å². The minimum atomic E-state index is -0.111. The van der Waals surface area contributed by atoms with Gasteiger partial charge in [-0.05, 0) is 25.3 Å². The average Bonchev–Trinajstić information content (AvgIpc) is 3.30. The Hall–Kier alpha value is -1.83. The molecular formula is C19H25N3O3S. The van der Waals surface area contributed by atoms with Gasteiger partial charge in [-0.15, -0.1) is 0 Å². The lowest BCUT2D eigenvalue weighted by Crippen LogP contribution is -2.32. The minimum Gasteiger partial charge on any atom is -0.390 e. The minimum absolute atomic E-state index is 0.0269. The van der Waals surface area contributed by atoms with Crippen molar-refractivity contribution in [3.8, 4) is 0 Å². The van der Waals surface area contributed by atoms with E-state index in [0.29, 0.717) is 24.5 Å². The maximum absolute atomic E-state index is 12.1. The third kappa shape index (κ3) is 5.33. The summed E-state index contributed by atoms with van der Waals surface area (Å²) in [5.74, 6) is 0.267. The molecule has 3 rings (SSSR count). The van der Waals surface area contributed by atoms with E-state index in [2.05, 4.69) is 41.5 Å². The average molecular weight is 375 g/mol. The van der Waals surface area contributed by atoms with Crippen molar-refractivity contribution in [3.63, 3.8) is 0 Å². The van der Waals surface area contributed by atoms with E-state index in [1.54, 1.807) is 0 Å². The van der Waals surface area contributed by atoms with E-state index in [4.69, 9.17) is 4.74 Å². The number of hydrogen-bond acceptors (Lipinski definition) is 5. The van der Waals surface area contributed by atoms with Crippen LogP contribution in [0.25, 0.3) is 0 Å². The predicted molar refractivity (Wildman–Crippen MR) is 101 cm³/mol. The van der Waals surface area contributed by atoms with Crippen molar-refractivity contribution in [1.29, 1.82) is 0 Å². The maximum Gasteiger partial charge on any atom is 0.230 e. The fraction of sp³-hybridized carbons (Fsp3) is 0.474. The number of carbonyl (C=O) groups excluding carboxylic acids is 1. The van der Waals surface area contributed by atoms with Crippen molar-refractivity contribution >= 4 is 17.7 Å². The number of hydrogen-bond donors (Lipinski definition) is 2. The van der Waals surface area contributed by atoms with Gasteiger partial charge in [0.15, 0.2) is 5.16 Å². The first kappa shape index (κ1) is 18.9. The van der Waals surface area contributed by atoms with Crippen molar-refractivity contribution in [1.82, 2.24) is 14.9 Å². The molecule has 0 spiro atoms. The van der Waals surface area contributed by atoms with E-state index in [-0.39, 0.29) is 18.6 Å². The Morgan fingerprint density at radius 2 is 2.23 bits per heavy atom. The maximum atomic E-state index is 12.1. The molecule has 1 aliphatic rings. The molecule has 2 heterocycles. The normalized spacial score (nSPS) is 16.8. The van der Waals surface area contributed by atoms with Crippen LogP contribution in [0.2, 0.25) is 0 Å².